The van der Waals surface area contributed by atoms with Crippen molar-refractivity contribution in [2.45, 2.75) is 162 Å². The first-order valence-corrected chi connectivity index (χ1v) is 13.9. The third-order valence-electron chi connectivity index (χ3n) is 6.32. The maximum absolute atomic E-state index is 3.69. The minimum Gasteiger partial charge on any atom is -1.00 e. The van der Waals surface area contributed by atoms with Crippen LogP contribution in [0.2, 0.25) is 0 Å². The topological polar surface area (TPSA) is 28.6 Å². The highest BCUT2D eigenvalue weighted by molar-refractivity contribution is 4.51. The summed E-state index contributed by atoms with van der Waals surface area (Å²) in [6.07, 6.45) is 30.7. The van der Waals surface area contributed by atoms with Gasteiger partial charge in [-0.2, -0.15) is 0 Å². The normalized spacial score (nSPS) is 12.1. The highest BCUT2D eigenvalue weighted by Crippen LogP contribution is 2.11. The first-order chi connectivity index (χ1) is 14.3. The van der Waals surface area contributed by atoms with E-state index in [1.54, 1.807) is 0 Å². The lowest BCUT2D eigenvalue weighted by Gasteiger charge is -2.12. The lowest BCUT2D eigenvalue weighted by Crippen LogP contribution is -3.00. The van der Waals surface area contributed by atoms with E-state index in [0.717, 1.165) is 0 Å². The van der Waals surface area contributed by atoms with Gasteiger partial charge in [-0.1, -0.05) is 129 Å². The number of nitrogens with one attached hydrogen (secondary N) is 1. The van der Waals surface area contributed by atoms with Crippen molar-refractivity contribution in [3.05, 3.63) is 0 Å². The Kier molecular flexibility index (Phi) is 32.4. The molecule has 0 saturated carbocycles. The molecule has 0 aromatic heterocycles. The van der Waals surface area contributed by atoms with E-state index in [2.05, 4.69) is 31.4 Å². The fourth-order valence-corrected chi connectivity index (χ4v) is 4.20. The molecule has 3 N–H and O–H groups in total. The van der Waals surface area contributed by atoms with Crippen LogP contribution in [0, 0.1) is 0 Å². The molecular weight excluding hydrogens is 479 g/mol. The average molecular weight is 539 g/mol. The first-order valence-electron chi connectivity index (χ1n) is 13.9. The molecular formula is C27H59IN2. The molecule has 0 spiro atoms. The minimum atomic E-state index is 0. The van der Waals surface area contributed by atoms with E-state index >= 15 is 0 Å². The molecule has 0 aromatic rings. The van der Waals surface area contributed by atoms with Crippen LogP contribution in [-0.4, -0.2) is 19.3 Å². The second kappa shape index (κ2) is 29.7. The van der Waals surface area contributed by atoms with E-state index in [1.165, 1.54) is 148 Å². The Bertz CT molecular complexity index is 286. The number of unbranched alkanes of at least 4 members (excludes halogenated alkanes) is 19. The molecule has 0 saturated heterocycles. The van der Waals surface area contributed by atoms with Gasteiger partial charge >= 0.3 is 0 Å². The van der Waals surface area contributed by atoms with E-state index in [-0.39, 0.29) is 24.0 Å². The van der Waals surface area contributed by atoms with Gasteiger partial charge in [-0.05, 0) is 19.3 Å². The second-order valence-electron chi connectivity index (χ2n) is 9.48. The van der Waals surface area contributed by atoms with Crippen molar-refractivity contribution in [2.24, 2.45) is 0 Å². The smallest absolute Gasteiger partial charge is 0.136 e. The van der Waals surface area contributed by atoms with Crippen molar-refractivity contribution in [3.63, 3.8) is 0 Å². The molecule has 30 heavy (non-hydrogen) atoms. The minimum absolute atomic E-state index is 0. The largest absolute Gasteiger partial charge is 1.00 e. The van der Waals surface area contributed by atoms with Crippen LogP contribution in [-0.2, 0) is 0 Å². The van der Waals surface area contributed by atoms with Gasteiger partial charge in [-0.25, -0.2) is 0 Å². The maximum atomic E-state index is 3.69. The zero-order chi connectivity index (χ0) is 21.3. The molecule has 0 amide bonds. The third-order valence-corrected chi connectivity index (χ3v) is 6.32. The molecule has 1 unspecified atom stereocenters. The van der Waals surface area contributed by atoms with Gasteiger partial charge in [-0.15, -0.1) is 0 Å². The number of rotatable bonds is 25. The molecule has 0 aliphatic carbocycles. The lowest BCUT2D eigenvalue weighted by atomic mass is 10.1. The summed E-state index contributed by atoms with van der Waals surface area (Å²) < 4.78 is 0. The van der Waals surface area contributed by atoms with Gasteiger partial charge in [0.15, 0.2) is 0 Å². The summed E-state index contributed by atoms with van der Waals surface area (Å²) in [7, 11) is 0. The van der Waals surface area contributed by atoms with Gasteiger partial charge in [0.25, 0.3) is 0 Å². The van der Waals surface area contributed by atoms with Crippen molar-refractivity contribution in [1.82, 2.24) is 5.32 Å². The molecule has 3 heteroatoms. The van der Waals surface area contributed by atoms with E-state index in [1.807, 2.05) is 0 Å². The zero-order valence-electron chi connectivity index (χ0n) is 21.3. The van der Waals surface area contributed by atoms with Crippen LogP contribution in [0.4, 0.5) is 0 Å². The van der Waals surface area contributed by atoms with Gasteiger partial charge in [0, 0.05) is 13.5 Å². The molecule has 0 heterocycles. The highest BCUT2D eigenvalue weighted by atomic mass is 127. The molecule has 0 fully saturated rings. The molecule has 0 rings (SSSR count). The summed E-state index contributed by atoms with van der Waals surface area (Å²) in [5, 5.41) is 6.20. The lowest BCUT2D eigenvalue weighted by molar-refractivity contribution is -0.691. The average Bonchev–Trinajstić information content (AvgIpc) is 2.72. The van der Waals surface area contributed by atoms with Crippen LogP contribution in [0.5, 0.6) is 0 Å². The Labute approximate surface area is 208 Å². The SMILES string of the molecule is CCCCCCCCCCCCC[NH2+]C(C)NCCCCCCCCCCCC.[I-]. The molecule has 184 valence electrons. The predicted octanol–water partition coefficient (Wildman–Crippen LogP) is 4.72. The zero-order valence-corrected chi connectivity index (χ0v) is 23.5. The Balaban J connectivity index is 0. The number of nitrogens with two attached hydrogens (primary N) is 1. The van der Waals surface area contributed by atoms with Crippen molar-refractivity contribution in [2.75, 3.05) is 13.1 Å². The molecule has 1 atom stereocenters. The quantitative estimate of drug-likeness (QED) is 0.0983. The molecule has 0 bridgehead atoms. The fraction of sp³-hybridized carbons (Fsp3) is 1.00. The molecule has 0 radical (unpaired) electrons. The van der Waals surface area contributed by atoms with Gasteiger partial charge < -0.3 is 29.3 Å². The number of hydrogen-bond acceptors (Lipinski definition) is 1. The molecule has 2 nitrogen and oxygen atoms in total. The fourth-order valence-electron chi connectivity index (χ4n) is 4.20. The van der Waals surface area contributed by atoms with Gasteiger partial charge in [0.05, 0.1) is 6.54 Å². The van der Waals surface area contributed by atoms with Crippen LogP contribution >= 0.6 is 0 Å². The van der Waals surface area contributed by atoms with Crippen LogP contribution in [0.25, 0.3) is 0 Å². The molecule has 0 aromatic carbocycles. The van der Waals surface area contributed by atoms with Gasteiger partial charge in [0.1, 0.15) is 6.17 Å². The van der Waals surface area contributed by atoms with E-state index < -0.39 is 0 Å². The molecule has 0 aliphatic heterocycles. The number of halogens is 1. The van der Waals surface area contributed by atoms with Crippen molar-refractivity contribution in [3.8, 4) is 0 Å². The second-order valence-corrected chi connectivity index (χ2v) is 9.48. The van der Waals surface area contributed by atoms with Crippen molar-refractivity contribution < 1.29 is 29.3 Å². The summed E-state index contributed by atoms with van der Waals surface area (Å²) in [6.45, 7) is 9.42. The Morgan fingerprint density at radius 1 is 0.500 bits per heavy atom. The predicted molar refractivity (Wildman–Crippen MR) is 133 cm³/mol. The van der Waals surface area contributed by atoms with Crippen molar-refractivity contribution >= 4 is 0 Å². The Morgan fingerprint density at radius 2 is 0.833 bits per heavy atom. The van der Waals surface area contributed by atoms with Crippen molar-refractivity contribution in [1.29, 1.82) is 0 Å². The summed E-state index contributed by atoms with van der Waals surface area (Å²) in [6, 6.07) is 0. The maximum Gasteiger partial charge on any atom is 0.136 e. The first kappa shape index (κ1) is 32.8. The monoisotopic (exact) mass is 538 g/mol. The number of hydrogen-bond donors (Lipinski definition) is 2. The van der Waals surface area contributed by atoms with Crippen LogP contribution < -0.4 is 34.6 Å². The molecule has 0 aliphatic rings. The highest BCUT2D eigenvalue weighted by Gasteiger charge is 2.02. The third kappa shape index (κ3) is 28.6. The standard InChI is InChI=1S/C27H58N2.HI/c1-4-6-8-10-12-14-16-18-20-22-24-26-29-27(3)28-25-23-21-19-17-15-13-11-9-7-5-2;/h27-29H,4-26H2,1-3H3;1H. The summed E-state index contributed by atoms with van der Waals surface area (Å²) in [5.74, 6) is 0. The Morgan fingerprint density at radius 3 is 1.23 bits per heavy atom. The number of quaternary nitrogens is 1. The van der Waals surface area contributed by atoms with Crippen LogP contribution in [0.1, 0.15) is 156 Å². The summed E-state index contributed by atoms with van der Waals surface area (Å²) >= 11 is 0. The van der Waals surface area contributed by atoms with Gasteiger partial charge in [-0.3, -0.25) is 5.32 Å². The summed E-state index contributed by atoms with van der Waals surface area (Å²) in [4.78, 5) is 0. The summed E-state index contributed by atoms with van der Waals surface area (Å²) in [5.41, 5.74) is 0. The van der Waals surface area contributed by atoms with E-state index in [0.29, 0.717) is 6.17 Å². The van der Waals surface area contributed by atoms with E-state index in [9.17, 15) is 0 Å². The Hall–Kier alpha value is 0.650. The van der Waals surface area contributed by atoms with E-state index in [4.69, 9.17) is 0 Å². The van der Waals surface area contributed by atoms with Crippen LogP contribution in [0.15, 0.2) is 0 Å². The van der Waals surface area contributed by atoms with Gasteiger partial charge in [0.2, 0.25) is 0 Å². The van der Waals surface area contributed by atoms with Crippen LogP contribution in [0.3, 0.4) is 0 Å².